The molecule has 1 saturated heterocycles. The van der Waals surface area contributed by atoms with E-state index in [2.05, 4.69) is 4.98 Å². The molecule has 1 atom stereocenters. The summed E-state index contributed by atoms with van der Waals surface area (Å²) < 4.78 is 0. The van der Waals surface area contributed by atoms with Crippen molar-refractivity contribution in [1.82, 2.24) is 9.88 Å². The van der Waals surface area contributed by atoms with E-state index in [-0.39, 0.29) is 24.3 Å². The highest BCUT2D eigenvalue weighted by molar-refractivity contribution is 6.03. The van der Waals surface area contributed by atoms with Crippen LogP contribution in [-0.2, 0) is 16.1 Å². The molecule has 0 aliphatic carbocycles. The van der Waals surface area contributed by atoms with Crippen LogP contribution in [0.25, 0.3) is 10.9 Å². The van der Waals surface area contributed by atoms with Crippen LogP contribution in [0.4, 0.5) is 5.69 Å². The number of imide groups is 1. The van der Waals surface area contributed by atoms with E-state index in [0.717, 1.165) is 16.5 Å². The Bertz CT molecular complexity index is 711. The van der Waals surface area contributed by atoms with Crippen molar-refractivity contribution in [2.45, 2.75) is 19.9 Å². The lowest BCUT2D eigenvalue weighted by Gasteiger charge is -2.16. The molecule has 1 aliphatic heterocycles. The second-order valence-corrected chi connectivity index (χ2v) is 5.14. The quantitative estimate of drug-likeness (QED) is 0.665. The second kappa shape index (κ2) is 4.59. The van der Waals surface area contributed by atoms with Gasteiger partial charge in [0.25, 0.3) is 0 Å². The van der Waals surface area contributed by atoms with Crippen LogP contribution in [0.5, 0.6) is 0 Å². The number of nitrogen functional groups attached to an aromatic ring is 1. The number of fused-ring (bicyclic) bond motifs is 1. The molecule has 1 aliphatic rings. The Morgan fingerprint density at radius 3 is 2.85 bits per heavy atom. The molecule has 1 fully saturated rings. The number of benzene rings is 1. The van der Waals surface area contributed by atoms with Crippen molar-refractivity contribution < 1.29 is 9.59 Å². The third-order valence-electron chi connectivity index (χ3n) is 3.68. The Morgan fingerprint density at radius 1 is 1.35 bits per heavy atom. The Morgan fingerprint density at radius 2 is 2.15 bits per heavy atom. The monoisotopic (exact) mass is 269 g/mol. The molecule has 2 amide bonds. The Balaban J connectivity index is 2.02. The van der Waals surface area contributed by atoms with Gasteiger partial charge in [0.15, 0.2) is 0 Å². The Kier molecular flexibility index (Phi) is 2.89. The van der Waals surface area contributed by atoms with Crippen molar-refractivity contribution in [3.8, 4) is 0 Å². The van der Waals surface area contributed by atoms with Crippen molar-refractivity contribution in [3.05, 3.63) is 36.0 Å². The fourth-order valence-electron chi connectivity index (χ4n) is 2.57. The number of nitrogens with zero attached hydrogens (tertiary/aromatic N) is 2. The van der Waals surface area contributed by atoms with Gasteiger partial charge < -0.3 is 5.73 Å². The number of hydrogen-bond donors (Lipinski definition) is 1. The van der Waals surface area contributed by atoms with Gasteiger partial charge in [0, 0.05) is 29.6 Å². The van der Waals surface area contributed by atoms with Crippen molar-refractivity contribution in [3.63, 3.8) is 0 Å². The van der Waals surface area contributed by atoms with Crippen LogP contribution < -0.4 is 5.73 Å². The number of anilines is 1. The van der Waals surface area contributed by atoms with E-state index >= 15 is 0 Å². The molecule has 0 spiro atoms. The van der Waals surface area contributed by atoms with Gasteiger partial charge in [-0.3, -0.25) is 19.5 Å². The topological polar surface area (TPSA) is 76.3 Å². The first-order chi connectivity index (χ1) is 9.58. The summed E-state index contributed by atoms with van der Waals surface area (Å²) in [6.07, 6.45) is 1.97. The van der Waals surface area contributed by atoms with E-state index in [4.69, 9.17) is 5.73 Å². The van der Waals surface area contributed by atoms with Gasteiger partial charge in [0.1, 0.15) is 0 Å². The van der Waals surface area contributed by atoms with Gasteiger partial charge in [0.2, 0.25) is 11.8 Å². The van der Waals surface area contributed by atoms with Crippen molar-refractivity contribution >= 4 is 28.4 Å². The summed E-state index contributed by atoms with van der Waals surface area (Å²) in [5, 5.41) is 0.845. The molecule has 3 rings (SSSR count). The number of rotatable bonds is 2. The summed E-state index contributed by atoms with van der Waals surface area (Å²) in [6, 6.07) is 7.32. The molecular formula is C15H15N3O2. The van der Waals surface area contributed by atoms with Crippen LogP contribution in [-0.4, -0.2) is 21.7 Å². The molecular weight excluding hydrogens is 254 g/mol. The lowest BCUT2D eigenvalue weighted by molar-refractivity contribution is -0.139. The third kappa shape index (κ3) is 1.91. The maximum Gasteiger partial charge on any atom is 0.232 e. The number of amides is 2. The van der Waals surface area contributed by atoms with Gasteiger partial charge in [-0.25, -0.2) is 0 Å². The van der Waals surface area contributed by atoms with Crippen LogP contribution in [0, 0.1) is 5.92 Å². The summed E-state index contributed by atoms with van der Waals surface area (Å²) in [7, 11) is 0. The number of pyridine rings is 1. The van der Waals surface area contributed by atoms with E-state index in [1.54, 1.807) is 19.2 Å². The smallest absolute Gasteiger partial charge is 0.232 e. The van der Waals surface area contributed by atoms with Gasteiger partial charge in [-0.05, 0) is 23.8 Å². The van der Waals surface area contributed by atoms with Crippen LogP contribution in [0.1, 0.15) is 18.9 Å². The summed E-state index contributed by atoms with van der Waals surface area (Å²) >= 11 is 0. The standard InChI is InChI=1S/C15H15N3O2/c1-9-7-13(19)18(15(9)20)8-10-4-5-12(16)11-3-2-6-17-14(10)11/h2-6,9H,7-8,16H2,1H3. The normalized spacial score (nSPS) is 19.1. The minimum absolute atomic E-state index is 0.115. The highest BCUT2D eigenvalue weighted by atomic mass is 16.2. The average Bonchev–Trinajstić information content (AvgIpc) is 2.68. The number of carbonyl (C=O) groups is 2. The molecule has 1 unspecified atom stereocenters. The van der Waals surface area contributed by atoms with E-state index in [0.29, 0.717) is 12.1 Å². The molecule has 1 aromatic heterocycles. The van der Waals surface area contributed by atoms with Gasteiger partial charge in [-0.1, -0.05) is 13.0 Å². The highest BCUT2D eigenvalue weighted by Gasteiger charge is 2.35. The van der Waals surface area contributed by atoms with E-state index in [1.165, 1.54) is 4.90 Å². The molecule has 1 aromatic carbocycles. The maximum atomic E-state index is 12.0. The zero-order chi connectivity index (χ0) is 14.3. The largest absolute Gasteiger partial charge is 0.398 e. The minimum Gasteiger partial charge on any atom is -0.398 e. The predicted molar refractivity (Wildman–Crippen MR) is 75.5 cm³/mol. The molecule has 20 heavy (non-hydrogen) atoms. The fourth-order valence-corrected chi connectivity index (χ4v) is 2.57. The minimum atomic E-state index is -0.226. The summed E-state index contributed by atoms with van der Waals surface area (Å²) in [4.78, 5) is 29.5. The first-order valence-corrected chi connectivity index (χ1v) is 6.54. The number of nitrogens with two attached hydrogens (primary N) is 1. The summed E-state index contributed by atoms with van der Waals surface area (Å²) in [5.74, 6) is -0.463. The van der Waals surface area contributed by atoms with Crippen LogP contribution in [0.2, 0.25) is 0 Å². The molecule has 0 saturated carbocycles. The predicted octanol–water partition coefficient (Wildman–Crippen LogP) is 1.71. The lowest BCUT2D eigenvalue weighted by atomic mass is 10.1. The number of carbonyl (C=O) groups excluding carboxylic acids is 2. The fraction of sp³-hybridized carbons (Fsp3) is 0.267. The average molecular weight is 269 g/mol. The third-order valence-corrected chi connectivity index (χ3v) is 3.68. The van der Waals surface area contributed by atoms with Crippen LogP contribution in [0.3, 0.4) is 0 Å². The Labute approximate surface area is 116 Å². The molecule has 2 heterocycles. The van der Waals surface area contributed by atoms with E-state index < -0.39 is 0 Å². The van der Waals surface area contributed by atoms with Gasteiger partial charge in [-0.15, -0.1) is 0 Å². The molecule has 0 radical (unpaired) electrons. The van der Waals surface area contributed by atoms with Crippen molar-refractivity contribution in [2.75, 3.05) is 5.73 Å². The number of likely N-dealkylation sites (tertiary alicyclic amines) is 1. The number of hydrogen-bond acceptors (Lipinski definition) is 4. The van der Waals surface area contributed by atoms with Crippen molar-refractivity contribution in [2.24, 2.45) is 5.92 Å². The van der Waals surface area contributed by atoms with E-state index in [9.17, 15) is 9.59 Å². The first-order valence-electron chi connectivity index (χ1n) is 6.54. The molecule has 5 nitrogen and oxygen atoms in total. The van der Waals surface area contributed by atoms with Gasteiger partial charge >= 0.3 is 0 Å². The molecule has 0 bridgehead atoms. The molecule has 5 heteroatoms. The molecule has 2 N–H and O–H groups in total. The first kappa shape index (κ1) is 12.6. The molecule has 102 valence electrons. The maximum absolute atomic E-state index is 12.0. The zero-order valence-corrected chi connectivity index (χ0v) is 11.2. The SMILES string of the molecule is CC1CC(=O)N(Cc2ccc(N)c3cccnc23)C1=O. The summed E-state index contributed by atoms with van der Waals surface area (Å²) in [6.45, 7) is 2.04. The number of aromatic nitrogens is 1. The summed E-state index contributed by atoms with van der Waals surface area (Å²) in [5.41, 5.74) is 8.15. The lowest BCUT2D eigenvalue weighted by Crippen LogP contribution is -2.29. The highest BCUT2D eigenvalue weighted by Crippen LogP contribution is 2.26. The molecule has 2 aromatic rings. The van der Waals surface area contributed by atoms with Gasteiger partial charge in [-0.2, -0.15) is 0 Å². The Hall–Kier alpha value is -2.43. The van der Waals surface area contributed by atoms with Gasteiger partial charge in [0.05, 0.1) is 12.1 Å². The van der Waals surface area contributed by atoms with Crippen LogP contribution >= 0.6 is 0 Å². The van der Waals surface area contributed by atoms with E-state index in [1.807, 2.05) is 18.2 Å². The zero-order valence-electron chi connectivity index (χ0n) is 11.2. The van der Waals surface area contributed by atoms with Crippen LogP contribution in [0.15, 0.2) is 30.5 Å². The van der Waals surface area contributed by atoms with Crippen molar-refractivity contribution in [1.29, 1.82) is 0 Å². The second-order valence-electron chi connectivity index (χ2n) is 5.14.